The smallest absolute Gasteiger partial charge is 0.331 e. The van der Waals surface area contributed by atoms with Crippen molar-refractivity contribution in [1.82, 2.24) is 0 Å². The third kappa shape index (κ3) is 3.21. The lowest BCUT2D eigenvalue weighted by Crippen LogP contribution is -2.29. The van der Waals surface area contributed by atoms with Crippen molar-refractivity contribution in [3.05, 3.63) is 41.5 Å². The number of hydrogen-bond donors (Lipinski definition) is 2. The van der Waals surface area contributed by atoms with Gasteiger partial charge in [0, 0.05) is 5.57 Å². The number of carboxylic acids is 2. The maximum absolute atomic E-state index is 11.5. The van der Waals surface area contributed by atoms with Gasteiger partial charge in [-0.15, -0.1) is 0 Å². The highest BCUT2D eigenvalue weighted by Gasteiger charge is 2.36. The van der Waals surface area contributed by atoms with Crippen molar-refractivity contribution in [3.8, 4) is 11.5 Å². The van der Waals surface area contributed by atoms with Crippen LogP contribution in [0, 0.1) is 5.41 Å². The number of benzene rings is 1. The highest BCUT2D eigenvalue weighted by molar-refractivity contribution is 5.96. The van der Waals surface area contributed by atoms with Gasteiger partial charge in [0.1, 0.15) is 0 Å². The lowest BCUT2D eigenvalue weighted by molar-refractivity contribution is -0.145. The Morgan fingerprint density at radius 2 is 1.78 bits per heavy atom. The molecule has 0 saturated carbocycles. The van der Waals surface area contributed by atoms with Crippen LogP contribution in [0.4, 0.5) is 0 Å². The summed E-state index contributed by atoms with van der Waals surface area (Å²) in [6.45, 7) is 1.51. The molecule has 2 N–H and O–H groups in total. The van der Waals surface area contributed by atoms with E-state index in [9.17, 15) is 19.8 Å². The van der Waals surface area contributed by atoms with Gasteiger partial charge in [0.15, 0.2) is 11.5 Å². The Bertz CT molecular complexity index is 716. The molecule has 0 fully saturated rings. The van der Waals surface area contributed by atoms with Crippen molar-refractivity contribution < 1.29 is 29.3 Å². The average molecular weight is 318 g/mol. The highest BCUT2D eigenvalue weighted by atomic mass is 16.5. The van der Waals surface area contributed by atoms with Crippen molar-refractivity contribution in [3.63, 3.8) is 0 Å². The Kier molecular flexibility index (Phi) is 4.45. The molecule has 6 heteroatoms. The molecule has 0 bridgehead atoms. The molecule has 0 saturated heterocycles. The fourth-order valence-electron chi connectivity index (χ4n) is 2.53. The van der Waals surface area contributed by atoms with E-state index in [-0.39, 0.29) is 12.0 Å². The van der Waals surface area contributed by atoms with E-state index in [2.05, 4.69) is 0 Å². The summed E-state index contributed by atoms with van der Waals surface area (Å²) < 4.78 is 10.4. The molecule has 1 aromatic rings. The molecule has 1 unspecified atom stereocenters. The van der Waals surface area contributed by atoms with Gasteiger partial charge in [0.25, 0.3) is 0 Å². The zero-order valence-electron chi connectivity index (χ0n) is 13.1. The summed E-state index contributed by atoms with van der Waals surface area (Å²) in [6.07, 6.45) is 3.01. The number of hydrogen-bond acceptors (Lipinski definition) is 4. The lowest BCUT2D eigenvalue weighted by Gasteiger charge is -2.26. The van der Waals surface area contributed by atoms with Crippen LogP contribution in [-0.4, -0.2) is 36.4 Å². The van der Waals surface area contributed by atoms with E-state index < -0.39 is 17.4 Å². The normalized spacial score (nSPS) is 20.3. The van der Waals surface area contributed by atoms with Crippen LogP contribution in [-0.2, 0) is 9.59 Å². The van der Waals surface area contributed by atoms with Gasteiger partial charge in [-0.3, -0.25) is 4.79 Å². The van der Waals surface area contributed by atoms with Crippen LogP contribution in [0.5, 0.6) is 11.5 Å². The topological polar surface area (TPSA) is 93.1 Å². The second-order valence-corrected chi connectivity index (χ2v) is 5.54. The van der Waals surface area contributed by atoms with Crippen LogP contribution in [0.25, 0.3) is 5.57 Å². The monoisotopic (exact) mass is 318 g/mol. The summed E-state index contributed by atoms with van der Waals surface area (Å²) in [6, 6.07) is 5.11. The zero-order valence-corrected chi connectivity index (χ0v) is 13.1. The van der Waals surface area contributed by atoms with Crippen LogP contribution < -0.4 is 9.47 Å². The van der Waals surface area contributed by atoms with Crippen molar-refractivity contribution in [2.24, 2.45) is 5.41 Å². The van der Waals surface area contributed by atoms with Crippen molar-refractivity contribution in [2.45, 2.75) is 13.3 Å². The molecule has 1 aromatic carbocycles. The quantitative estimate of drug-likeness (QED) is 0.867. The van der Waals surface area contributed by atoms with Crippen molar-refractivity contribution >= 4 is 17.5 Å². The van der Waals surface area contributed by atoms with Gasteiger partial charge in [-0.05, 0) is 42.7 Å². The van der Waals surface area contributed by atoms with E-state index in [1.807, 2.05) is 0 Å². The molecule has 0 aromatic heterocycles. The maximum atomic E-state index is 11.5. The Morgan fingerprint density at radius 3 is 2.30 bits per heavy atom. The molecule has 1 aliphatic rings. The van der Waals surface area contributed by atoms with E-state index in [0.717, 1.165) is 0 Å². The third-order valence-electron chi connectivity index (χ3n) is 3.84. The number of ether oxygens (including phenoxy) is 2. The minimum atomic E-state index is -1.27. The molecule has 1 aliphatic carbocycles. The van der Waals surface area contributed by atoms with E-state index in [0.29, 0.717) is 22.6 Å². The fourth-order valence-corrected chi connectivity index (χ4v) is 2.53. The summed E-state index contributed by atoms with van der Waals surface area (Å²) >= 11 is 0. The number of allylic oxidation sites excluding steroid dienone is 2. The third-order valence-corrected chi connectivity index (χ3v) is 3.84. The average Bonchev–Trinajstić information content (AvgIpc) is 2.53. The standard InChI is InChI=1S/C17H18O6/c1-17(16(20)21)8-11(6-12(9-17)15(18)19)10-4-5-13(22-2)14(7-10)23-3/h4-8H,9H2,1-3H3,(H,18,19)(H,20,21). The zero-order chi connectivity index (χ0) is 17.2. The molecular formula is C17H18O6. The summed E-state index contributed by atoms with van der Waals surface area (Å²) in [7, 11) is 3.01. The predicted molar refractivity (Wildman–Crippen MR) is 83.6 cm³/mol. The van der Waals surface area contributed by atoms with Gasteiger partial charge in [0.05, 0.1) is 19.6 Å². The molecule has 0 aliphatic heterocycles. The Balaban J connectivity index is 2.57. The first-order chi connectivity index (χ1) is 10.8. The number of carbonyl (C=O) groups is 2. The highest BCUT2D eigenvalue weighted by Crippen LogP contribution is 2.39. The summed E-state index contributed by atoms with van der Waals surface area (Å²) in [5, 5.41) is 18.7. The Labute approximate surface area is 133 Å². The maximum Gasteiger partial charge on any atom is 0.331 e. The molecule has 0 amide bonds. The number of methoxy groups -OCH3 is 2. The van der Waals surface area contributed by atoms with Crippen LogP contribution in [0.1, 0.15) is 18.9 Å². The van der Waals surface area contributed by atoms with Gasteiger partial charge >= 0.3 is 11.9 Å². The first kappa shape index (κ1) is 16.6. The van der Waals surface area contributed by atoms with E-state index in [1.54, 1.807) is 24.3 Å². The van der Waals surface area contributed by atoms with Crippen LogP contribution in [0.2, 0.25) is 0 Å². The molecule has 0 radical (unpaired) electrons. The Morgan fingerprint density at radius 1 is 1.13 bits per heavy atom. The van der Waals surface area contributed by atoms with E-state index >= 15 is 0 Å². The van der Waals surface area contributed by atoms with Crippen molar-refractivity contribution in [2.75, 3.05) is 14.2 Å². The van der Waals surface area contributed by atoms with Gasteiger partial charge in [0.2, 0.25) is 0 Å². The first-order valence-electron chi connectivity index (χ1n) is 6.93. The lowest BCUT2D eigenvalue weighted by atomic mass is 9.76. The van der Waals surface area contributed by atoms with Gasteiger partial charge in [-0.25, -0.2) is 4.79 Å². The molecular weight excluding hydrogens is 300 g/mol. The minimum Gasteiger partial charge on any atom is -0.493 e. The molecule has 1 atom stereocenters. The van der Waals surface area contributed by atoms with Gasteiger partial charge < -0.3 is 19.7 Å². The fraction of sp³-hybridized carbons (Fsp3) is 0.294. The molecule has 23 heavy (non-hydrogen) atoms. The molecule has 0 heterocycles. The summed E-state index contributed by atoms with van der Waals surface area (Å²) in [4.78, 5) is 22.9. The first-order valence-corrected chi connectivity index (χ1v) is 6.93. The summed E-state index contributed by atoms with van der Waals surface area (Å²) in [5.74, 6) is -1.17. The second kappa shape index (κ2) is 6.16. The van der Waals surface area contributed by atoms with Gasteiger partial charge in [-0.1, -0.05) is 12.1 Å². The number of rotatable bonds is 5. The SMILES string of the molecule is COc1ccc(C2=CC(C)(C(=O)O)CC(C(=O)O)=C2)cc1OC. The van der Waals surface area contributed by atoms with Crippen LogP contribution >= 0.6 is 0 Å². The largest absolute Gasteiger partial charge is 0.493 e. The van der Waals surface area contributed by atoms with E-state index in [4.69, 9.17) is 9.47 Å². The van der Waals surface area contributed by atoms with Crippen molar-refractivity contribution in [1.29, 1.82) is 0 Å². The predicted octanol–water partition coefficient (Wildman–Crippen LogP) is 2.59. The van der Waals surface area contributed by atoms with Crippen LogP contribution in [0.15, 0.2) is 35.9 Å². The van der Waals surface area contributed by atoms with Gasteiger partial charge in [-0.2, -0.15) is 0 Å². The molecule has 0 spiro atoms. The summed E-state index contributed by atoms with van der Waals surface area (Å²) in [5.41, 5.74) is -0.0272. The number of aliphatic carboxylic acids is 2. The minimum absolute atomic E-state index is 0.0576. The van der Waals surface area contributed by atoms with E-state index in [1.165, 1.54) is 27.2 Å². The molecule has 122 valence electrons. The molecule has 6 nitrogen and oxygen atoms in total. The van der Waals surface area contributed by atoms with Crippen LogP contribution in [0.3, 0.4) is 0 Å². The number of carboxylic acid groups (broad SMARTS) is 2. The Hall–Kier alpha value is -2.76. The molecule has 2 rings (SSSR count). The second-order valence-electron chi connectivity index (χ2n) is 5.54.